The number of benzene rings is 2. The molecule has 0 atom stereocenters. The number of anilines is 1. The van der Waals surface area contributed by atoms with Crippen molar-refractivity contribution < 1.29 is 17.6 Å². The van der Waals surface area contributed by atoms with E-state index in [9.17, 15) is 17.6 Å². The number of nitrogens with zero attached hydrogens (tertiary/aromatic N) is 3. The van der Waals surface area contributed by atoms with Crippen LogP contribution in [0.2, 0.25) is 0 Å². The number of allylic oxidation sites excluding steroid dienone is 1. The minimum absolute atomic E-state index is 0.00341. The highest BCUT2D eigenvalue weighted by Gasteiger charge is 2.20. The number of hydrogen-bond donors (Lipinski definition) is 1. The maximum absolute atomic E-state index is 14.4. The summed E-state index contributed by atoms with van der Waals surface area (Å²) in [4.78, 5) is 14.1. The number of aromatic nitrogens is 1. The van der Waals surface area contributed by atoms with Crippen molar-refractivity contribution in [3.8, 4) is 11.1 Å². The third-order valence-corrected chi connectivity index (χ3v) is 6.83. The highest BCUT2D eigenvalue weighted by Crippen LogP contribution is 2.37. The third kappa shape index (κ3) is 4.94. The van der Waals surface area contributed by atoms with Gasteiger partial charge in [0.1, 0.15) is 5.83 Å². The highest BCUT2D eigenvalue weighted by molar-refractivity contribution is 7.92. The van der Waals surface area contributed by atoms with Gasteiger partial charge in [-0.15, -0.1) is 0 Å². The molecule has 0 saturated carbocycles. The second-order valence-electron chi connectivity index (χ2n) is 8.15. The SMILES string of the molecule is Cc1c(-c2cccc(N(C)S(C)(=O)=O)c2)c2cc(C(=O)N(C)C)ccc2n1CC(F)=CCN. The lowest BCUT2D eigenvalue weighted by atomic mass is 10.00. The average molecular weight is 473 g/mol. The molecule has 1 aromatic heterocycles. The lowest BCUT2D eigenvalue weighted by Crippen LogP contribution is -2.24. The van der Waals surface area contributed by atoms with E-state index in [2.05, 4.69) is 0 Å². The maximum atomic E-state index is 14.4. The first-order chi connectivity index (χ1) is 15.5. The molecule has 33 heavy (non-hydrogen) atoms. The van der Waals surface area contributed by atoms with E-state index in [4.69, 9.17) is 5.73 Å². The van der Waals surface area contributed by atoms with Gasteiger partial charge in [0.25, 0.3) is 5.91 Å². The Kier molecular flexibility index (Phi) is 6.94. The van der Waals surface area contributed by atoms with Crippen molar-refractivity contribution in [3.05, 3.63) is 65.6 Å². The standard InChI is InChI=1S/C24H29FN4O3S/c1-16-23(17-7-6-8-20(13-17)28(4)33(5,31)32)21-14-18(24(30)27(2)3)9-10-22(21)29(16)15-19(25)11-12-26/h6-11,13-14H,12,15,26H2,1-5H3. The van der Waals surface area contributed by atoms with E-state index < -0.39 is 10.0 Å². The predicted molar refractivity (Wildman–Crippen MR) is 132 cm³/mol. The number of carbonyl (C=O) groups is 1. The summed E-state index contributed by atoms with van der Waals surface area (Å²) >= 11 is 0. The summed E-state index contributed by atoms with van der Waals surface area (Å²) in [5.41, 5.74) is 9.61. The van der Waals surface area contributed by atoms with Crippen LogP contribution in [0.5, 0.6) is 0 Å². The summed E-state index contributed by atoms with van der Waals surface area (Å²) in [5, 5.41) is 0.778. The van der Waals surface area contributed by atoms with Crippen LogP contribution in [0.15, 0.2) is 54.4 Å². The number of fused-ring (bicyclic) bond motifs is 1. The summed E-state index contributed by atoms with van der Waals surface area (Å²) in [6.45, 7) is 1.98. The number of nitrogens with two attached hydrogens (primary N) is 1. The molecular weight excluding hydrogens is 443 g/mol. The minimum atomic E-state index is -3.44. The van der Waals surface area contributed by atoms with Crippen LogP contribution < -0.4 is 10.0 Å². The minimum Gasteiger partial charge on any atom is -0.345 e. The number of rotatable bonds is 7. The Morgan fingerprint density at radius 1 is 1.15 bits per heavy atom. The van der Waals surface area contributed by atoms with Crippen LogP contribution >= 0.6 is 0 Å². The first kappa shape index (κ1) is 24.5. The largest absolute Gasteiger partial charge is 0.345 e. The van der Waals surface area contributed by atoms with Gasteiger partial charge in [-0.2, -0.15) is 0 Å². The smallest absolute Gasteiger partial charge is 0.253 e. The Balaban J connectivity index is 2.29. The molecule has 0 aliphatic rings. The normalized spacial score (nSPS) is 12.3. The van der Waals surface area contributed by atoms with Crippen LogP contribution in [0.25, 0.3) is 22.0 Å². The molecule has 1 amide bonds. The van der Waals surface area contributed by atoms with Crippen LogP contribution in [0.1, 0.15) is 16.1 Å². The van der Waals surface area contributed by atoms with Gasteiger partial charge >= 0.3 is 0 Å². The fourth-order valence-corrected chi connectivity index (χ4v) is 4.33. The zero-order valence-electron chi connectivity index (χ0n) is 19.5. The third-order valence-electron chi connectivity index (χ3n) is 5.62. The number of sulfonamides is 1. The fraction of sp³-hybridized carbons (Fsp3) is 0.292. The monoisotopic (exact) mass is 472 g/mol. The molecule has 3 aromatic rings. The summed E-state index contributed by atoms with van der Waals surface area (Å²) in [5.74, 6) is -0.504. The molecule has 0 radical (unpaired) electrons. The van der Waals surface area contributed by atoms with E-state index in [1.54, 1.807) is 44.4 Å². The molecule has 0 bridgehead atoms. The first-order valence-corrected chi connectivity index (χ1v) is 12.2. The Hall–Kier alpha value is -3.17. The zero-order valence-corrected chi connectivity index (χ0v) is 20.3. The van der Waals surface area contributed by atoms with E-state index in [-0.39, 0.29) is 24.8 Å². The molecule has 1 heterocycles. The Bertz CT molecular complexity index is 1340. The van der Waals surface area contributed by atoms with Crippen molar-refractivity contribution in [1.82, 2.24) is 9.47 Å². The average Bonchev–Trinajstić information content (AvgIpc) is 3.02. The molecule has 0 spiro atoms. The molecule has 0 saturated heterocycles. The predicted octanol–water partition coefficient (Wildman–Crippen LogP) is 3.53. The van der Waals surface area contributed by atoms with Gasteiger partial charge < -0.3 is 15.2 Å². The van der Waals surface area contributed by atoms with Crippen LogP contribution in [-0.4, -0.2) is 57.7 Å². The lowest BCUT2D eigenvalue weighted by molar-refractivity contribution is 0.0827. The Morgan fingerprint density at radius 2 is 1.85 bits per heavy atom. The molecule has 3 rings (SSSR count). The Labute approximate surface area is 193 Å². The van der Waals surface area contributed by atoms with Crippen molar-refractivity contribution in [2.45, 2.75) is 13.5 Å². The van der Waals surface area contributed by atoms with Gasteiger partial charge in [-0.05, 0) is 48.9 Å². The van der Waals surface area contributed by atoms with Gasteiger partial charge in [0, 0.05) is 55.4 Å². The molecule has 176 valence electrons. The summed E-state index contributed by atoms with van der Waals surface area (Å²) in [7, 11) is 1.41. The van der Waals surface area contributed by atoms with Crippen LogP contribution in [0, 0.1) is 6.92 Å². The molecule has 0 fully saturated rings. The molecule has 9 heteroatoms. The molecule has 0 aliphatic heterocycles. The Morgan fingerprint density at radius 3 is 2.45 bits per heavy atom. The topological polar surface area (TPSA) is 88.6 Å². The number of carbonyl (C=O) groups excluding carboxylic acids is 1. The fourth-order valence-electron chi connectivity index (χ4n) is 3.83. The van der Waals surface area contributed by atoms with Gasteiger partial charge in [0.2, 0.25) is 10.0 Å². The molecule has 0 unspecified atom stereocenters. The molecule has 2 aromatic carbocycles. The van der Waals surface area contributed by atoms with E-state index in [0.29, 0.717) is 11.3 Å². The maximum Gasteiger partial charge on any atom is 0.253 e. The molecule has 2 N–H and O–H groups in total. The number of hydrogen-bond acceptors (Lipinski definition) is 4. The quantitative estimate of drug-likeness (QED) is 0.570. The summed E-state index contributed by atoms with van der Waals surface area (Å²) in [6.07, 6.45) is 2.47. The second kappa shape index (κ2) is 9.36. The van der Waals surface area contributed by atoms with E-state index in [1.165, 1.54) is 22.3 Å². The van der Waals surface area contributed by atoms with Crippen molar-refractivity contribution in [1.29, 1.82) is 0 Å². The zero-order chi connectivity index (χ0) is 24.5. The van der Waals surface area contributed by atoms with Crippen molar-refractivity contribution in [3.63, 3.8) is 0 Å². The van der Waals surface area contributed by atoms with Crippen molar-refractivity contribution in [2.75, 3.05) is 38.2 Å². The first-order valence-electron chi connectivity index (χ1n) is 10.4. The molecular formula is C24H29FN4O3S. The van der Waals surface area contributed by atoms with E-state index in [1.807, 2.05) is 23.6 Å². The molecule has 0 aliphatic carbocycles. The number of amides is 1. The van der Waals surface area contributed by atoms with Gasteiger partial charge in [0.05, 0.1) is 18.5 Å². The van der Waals surface area contributed by atoms with E-state index >= 15 is 0 Å². The van der Waals surface area contributed by atoms with Crippen molar-refractivity contribution >= 4 is 32.5 Å². The molecule has 7 nitrogen and oxygen atoms in total. The highest BCUT2D eigenvalue weighted by atomic mass is 32.2. The number of halogens is 1. The van der Waals surface area contributed by atoms with Gasteiger partial charge in [-0.1, -0.05) is 12.1 Å². The lowest BCUT2D eigenvalue weighted by Gasteiger charge is -2.17. The second-order valence-corrected chi connectivity index (χ2v) is 10.2. The van der Waals surface area contributed by atoms with Gasteiger partial charge in [-0.3, -0.25) is 9.10 Å². The van der Waals surface area contributed by atoms with Crippen LogP contribution in [0.4, 0.5) is 10.1 Å². The van der Waals surface area contributed by atoms with Crippen LogP contribution in [0.3, 0.4) is 0 Å². The van der Waals surface area contributed by atoms with Gasteiger partial charge in [-0.25, -0.2) is 12.8 Å². The van der Waals surface area contributed by atoms with Crippen LogP contribution in [-0.2, 0) is 16.6 Å². The van der Waals surface area contributed by atoms with Crippen molar-refractivity contribution in [2.24, 2.45) is 5.73 Å². The summed E-state index contributed by atoms with van der Waals surface area (Å²) in [6, 6.07) is 12.5. The summed E-state index contributed by atoms with van der Waals surface area (Å²) < 4.78 is 41.6. The van der Waals surface area contributed by atoms with Gasteiger partial charge in [0.15, 0.2) is 0 Å². The van der Waals surface area contributed by atoms with E-state index in [0.717, 1.165) is 34.0 Å².